The zero-order valence-corrected chi connectivity index (χ0v) is 21.4. The molecule has 182 valence electrons. The van der Waals surface area contributed by atoms with Gasteiger partial charge in [0.2, 0.25) is 5.95 Å². The van der Waals surface area contributed by atoms with Gasteiger partial charge >= 0.3 is 0 Å². The van der Waals surface area contributed by atoms with E-state index in [1.54, 1.807) is 12.7 Å². The van der Waals surface area contributed by atoms with Crippen molar-refractivity contribution in [3.8, 4) is 11.6 Å². The van der Waals surface area contributed by atoms with Crippen LogP contribution in [0.1, 0.15) is 0 Å². The lowest BCUT2D eigenvalue weighted by molar-refractivity contribution is 0.936. The summed E-state index contributed by atoms with van der Waals surface area (Å²) in [5.74, 6) is 0.608. The summed E-state index contributed by atoms with van der Waals surface area (Å²) in [4.78, 5) is 13.2. The average Bonchev–Trinajstić information content (AvgIpc) is 3.65. The average molecular weight is 518 g/mol. The number of nitrogens with zero attached hydrogens (tertiary/aromatic N) is 5. The molecule has 39 heavy (non-hydrogen) atoms. The van der Waals surface area contributed by atoms with Crippen molar-refractivity contribution >= 4 is 75.1 Å². The maximum absolute atomic E-state index is 4.58. The number of hydrogen-bond acceptors (Lipinski definition) is 4. The third-order valence-corrected chi connectivity index (χ3v) is 8.97. The number of benzene rings is 5. The molecule has 5 nitrogen and oxygen atoms in total. The molecule has 0 spiro atoms. The summed E-state index contributed by atoms with van der Waals surface area (Å²) >= 11 is 1.87. The number of aromatic nitrogens is 5. The standard InChI is InChI=1S/C33H19N5S/c1-4-12-26-21(9-1)24-16-17-25-22-10-3-6-15-29(22)39-32(25)31(24)37(26)28-14-7-11-23-20-8-2-5-13-27(20)38(30(23)28)33-35-18-34-19-36-33/h1-19H. The van der Waals surface area contributed by atoms with Gasteiger partial charge in [-0.3, -0.25) is 4.57 Å². The van der Waals surface area contributed by atoms with E-state index in [-0.39, 0.29) is 0 Å². The fourth-order valence-electron chi connectivity index (χ4n) is 6.22. The van der Waals surface area contributed by atoms with Crippen molar-refractivity contribution in [2.75, 3.05) is 0 Å². The van der Waals surface area contributed by atoms with E-state index in [0.717, 1.165) is 22.1 Å². The van der Waals surface area contributed by atoms with Crippen molar-refractivity contribution in [1.29, 1.82) is 0 Å². The molecule has 9 rings (SSSR count). The minimum Gasteiger partial charge on any atom is -0.306 e. The normalized spacial score (nSPS) is 12.1. The number of rotatable bonds is 2. The van der Waals surface area contributed by atoms with Crippen molar-refractivity contribution in [1.82, 2.24) is 24.1 Å². The molecule has 4 aromatic heterocycles. The topological polar surface area (TPSA) is 48.5 Å². The molecule has 6 heteroatoms. The van der Waals surface area contributed by atoms with Crippen molar-refractivity contribution in [3.05, 3.63) is 116 Å². The first-order chi connectivity index (χ1) is 19.4. The highest BCUT2D eigenvalue weighted by molar-refractivity contribution is 7.26. The van der Waals surface area contributed by atoms with Crippen LogP contribution in [0, 0.1) is 0 Å². The Morgan fingerprint density at radius 1 is 0.487 bits per heavy atom. The van der Waals surface area contributed by atoms with Gasteiger partial charge in [-0.15, -0.1) is 11.3 Å². The van der Waals surface area contributed by atoms with E-state index in [9.17, 15) is 0 Å². The third kappa shape index (κ3) is 2.76. The summed E-state index contributed by atoms with van der Waals surface area (Å²) in [5, 5.41) is 7.42. The largest absolute Gasteiger partial charge is 0.306 e. The minimum atomic E-state index is 0.608. The summed E-state index contributed by atoms with van der Waals surface area (Å²) in [6.45, 7) is 0. The fourth-order valence-corrected chi connectivity index (χ4v) is 7.46. The Morgan fingerprint density at radius 3 is 1.90 bits per heavy atom. The van der Waals surface area contributed by atoms with Gasteiger partial charge < -0.3 is 4.57 Å². The van der Waals surface area contributed by atoms with Crippen molar-refractivity contribution in [2.45, 2.75) is 0 Å². The van der Waals surface area contributed by atoms with Crippen LogP contribution in [0.2, 0.25) is 0 Å². The first-order valence-electron chi connectivity index (χ1n) is 12.9. The Kier molecular flexibility index (Phi) is 4.14. The van der Waals surface area contributed by atoms with Gasteiger partial charge in [0.1, 0.15) is 12.7 Å². The van der Waals surface area contributed by atoms with Crippen molar-refractivity contribution in [3.63, 3.8) is 0 Å². The highest BCUT2D eigenvalue weighted by atomic mass is 32.1. The lowest BCUT2D eigenvalue weighted by Crippen LogP contribution is -2.04. The summed E-state index contributed by atoms with van der Waals surface area (Å²) in [5.41, 5.74) is 5.65. The molecular formula is C33H19N5S. The smallest absolute Gasteiger partial charge is 0.237 e. The van der Waals surface area contributed by atoms with Gasteiger partial charge in [0.25, 0.3) is 0 Å². The quantitative estimate of drug-likeness (QED) is 0.231. The number of fused-ring (bicyclic) bond motifs is 10. The lowest BCUT2D eigenvalue weighted by atomic mass is 10.1. The molecule has 0 amide bonds. The summed E-state index contributed by atoms with van der Waals surface area (Å²) < 4.78 is 7.22. The zero-order chi connectivity index (χ0) is 25.5. The molecule has 0 atom stereocenters. The van der Waals surface area contributed by atoms with Crippen molar-refractivity contribution in [2.24, 2.45) is 0 Å². The van der Waals surface area contributed by atoms with E-state index in [1.807, 2.05) is 11.3 Å². The monoisotopic (exact) mass is 517 g/mol. The molecule has 0 bridgehead atoms. The minimum absolute atomic E-state index is 0.608. The van der Waals surface area contributed by atoms with E-state index in [0.29, 0.717) is 5.95 Å². The van der Waals surface area contributed by atoms with E-state index >= 15 is 0 Å². The van der Waals surface area contributed by atoms with E-state index < -0.39 is 0 Å². The maximum Gasteiger partial charge on any atom is 0.237 e. The highest BCUT2D eigenvalue weighted by Gasteiger charge is 2.22. The molecule has 0 N–H and O–H groups in total. The van der Waals surface area contributed by atoms with Crippen LogP contribution in [-0.4, -0.2) is 24.1 Å². The van der Waals surface area contributed by atoms with Gasteiger partial charge in [-0.2, -0.15) is 0 Å². The molecule has 0 saturated carbocycles. The predicted octanol–water partition coefficient (Wildman–Crippen LogP) is 8.43. The predicted molar refractivity (Wildman–Crippen MR) is 161 cm³/mol. The number of para-hydroxylation sites is 3. The summed E-state index contributed by atoms with van der Waals surface area (Å²) in [6, 6.07) is 37.0. The Morgan fingerprint density at radius 2 is 1.10 bits per heavy atom. The second-order valence-electron chi connectivity index (χ2n) is 9.75. The molecule has 0 fully saturated rings. The molecule has 0 aliphatic heterocycles. The molecule has 0 aliphatic rings. The zero-order valence-electron chi connectivity index (χ0n) is 20.6. The first-order valence-corrected chi connectivity index (χ1v) is 13.7. The van der Waals surface area contributed by atoms with Gasteiger partial charge in [-0.05, 0) is 24.3 Å². The van der Waals surface area contributed by atoms with Crippen LogP contribution in [0.25, 0.3) is 75.4 Å². The SMILES string of the molecule is c1ccc2c(c1)sc1c2ccc2c3ccccc3n(-c3cccc4c5ccccc5n(-c5ncncn5)c34)c21. The first kappa shape index (κ1) is 20.9. The van der Waals surface area contributed by atoms with E-state index in [2.05, 4.69) is 127 Å². The molecular weight excluding hydrogens is 498 g/mol. The van der Waals surface area contributed by atoms with Crippen LogP contribution >= 0.6 is 11.3 Å². The Balaban J connectivity index is 1.54. The second-order valence-corrected chi connectivity index (χ2v) is 10.8. The fraction of sp³-hybridized carbons (Fsp3) is 0. The number of hydrogen-bond donors (Lipinski definition) is 0. The highest BCUT2D eigenvalue weighted by Crippen LogP contribution is 2.44. The van der Waals surface area contributed by atoms with Gasteiger partial charge in [0.15, 0.2) is 0 Å². The van der Waals surface area contributed by atoms with Gasteiger partial charge in [0.05, 0.1) is 32.5 Å². The molecule has 9 aromatic rings. The molecule has 4 heterocycles. The van der Waals surface area contributed by atoms with Gasteiger partial charge in [0, 0.05) is 37.0 Å². The van der Waals surface area contributed by atoms with E-state index in [4.69, 9.17) is 0 Å². The third-order valence-electron chi connectivity index (χ3n) is 7.77. The molecule has 0 saturated heterocycles. The van der Waals surface area contributed by atoms with Crippen LogP contribution in [0.15, 0.2) is 116 Å². The summed E-state index contributed by atoms with van der Waals surface area (Å²) in [7, 11) is 0. The Bertz CT molecular complexity index is 2400. The number of thiophene rings is 1. The van der Waals surface area contributed by atoms with Crippen molar-refractivity contribution < 1.29 is 0 Å². The molecule has 0 aliphatic carbocycles. The van der Waals surface area contributed by atoms with Gasteiger partial charge in [-0.1, -0.05) is 78.9 Å². The summed E-state index contributed by atoms with van der Waals surface area (Å²) in [6.07, 6.45) is 3.12. The maximum atomic E-state index is 4.58. The van der Waals surface area contributed by atoms with Crippen LogP contribution in [0.5, 0.6) is 0 Å². The van der Waals surface area contributed by atoms with Crippen LogP contribution in [-0.2, 0) is 0 Å². The molecule has 5 aromatic carbocycles. The van der Waals surface area contributed by atoms with E-state index in [1.165, 1.54) is 47.4 Å². The van der Waals surface area contributed by atoms with Crippen LogP contribution < -0.4 is 0 Å². The van der Waals surface area contributed by atoms with Crippen LogP contribution in [0.3, 0.4) is 0 Å². The van der Waals surface area contributed by atoms with Gasteiger partial charge in [-0.25, -0.2) is 15.0 Å². The molecule has 0 radical (unpaired) electrons. The Hall–Kier alpha value is -5.07. The molecule has 0 unspecified atom stereocenters. The second kappa shape index (κ2) is 7.72. The van der Waals surface area contributed by atoms with Crippen LogP contribution in [0.4, 0.5) is 0 Å². The lowest BCUT2D eigenvalue weighted by Gasteiger charge is -2.13. The Labute approximate surface area is 226 Å².